The van der Waals surface area contributed by atoms with Crippen LogP contribution in [0.2, 0.25) is 0 Å². The van der Waals surface area contributed by atoms with Crippen molar-refractivity contribution in [2.24, 2.45) is 0 Å². The van der Waals surface area contributed by atoms with E-state index >= 15 is 0 Å². The van der Waals surface area contributed by atoms with E-state index in [1.165, 1.54) is 21.5 Å². The number of furan rings is 1. The molecule has 0 unspecified atom stereocenters. The van der Waals surface area contributed by atoms with Crippen LogP contribution in [0.4, 0.5) is 0 Å². The molecule has 0 N–H and O–H groups in total. The minimum absolute atomic E-state index is 0.0248. The summed E-state index contributed by atoms with van der Waals surface area (Å²) < 4.78 is 36.5. The van der Waals surface area contributed by atoms with E-state index in [1.54, 1.807) is 30.3 Å². The van der Waals surface area contributed by atoms with Crippen molar-refractivity contribution < 1.29 is 27.2 Å². The maximum Gasteiger partial charge on any atom is 0.374 e. The summed E-state index contributed by atoms with van der Waals surface area (Å²) in [6.45, 7) is 2.33. The Morgan fingerprint density at radius 3 is 2.33 bits per heavy atom. The van der Waals surface area contributed by atoms with E-state index in [4.69, 9.17) is 9.15 Å². The van der Waals surface area contributed by atoms with E-state index in [2.05, 4.69) is 0 Å². The van der Waals surface area contributed by atoms with Crippen molar-refractivity contribution in [2.75, 3.05) is 32.8 Å². The second kappa shape index (κ2) is 7.93. The van der Waals surface area contributed by atoms with Gasteiger partial charge in [-0.3, -0.25) is 4.79 Å². The predicted octanol–water partition coefficient (Wildman–Crippen LogP) is 1.28. The third-order valence-electron chi connectivity index (χ3n) is 4.30. The topological polar surface area (TPSA) is 97.1 Å². The van der Waals surface area contributed by atoms with Gasteiger partial charge in [0, 0.05) is 26.2 Å². The monoisotopic (exact) mass is 392 g/mol. The first-order valence-electron chi connectivity index (χ1n) is 8.43. The van der Waals surface area contributed by atoms with Gasteiger partial charge in [-0.25, -0.2) is 13.2 Å². The number of hydrogen-bond donors (Lipinski definition) is 0. The zero-order valence-electron chi connectivity index (χ0n) is 14.8. The lowest BCUT2D eigenvalue weighted by molar-refractivity contribution is -0.135. The molecule has 0 spiro atoms. The molecule has 27 heavy (non-hydrogen) atoms. The molecule has 0 bridgehead atoms. The lowest BCUT2D eigenvalue weighted by atomic mass is 10.2. The van der Waals surface area contributed by atoms with Gasteiger partial charge in [0.15, 0.2) is 6.61 Å². The molecule has 0 aliphatic carbocycles. The second-order valence-corrected chi connectivity index (χ2v) is 8.09. The molecule has 1 aliphatic rings. The van der Waals surface area contributed by atoms with Crippen LogP contribution in [0.3, 0.4) is 0 Å². The Kier molecular flexibility index (Phi) is 5.62. The number of nitrogens with zero attached hydrogens (tertiary/aromatic N) is 2. The summed E-state index contributed by atoms with van der Waals surface area (Å²) in [6.07, 6.45) is 1.34. The number of esters is 1. The normalized spacial score (nSPS) is 15.5. The lowest BCUT2D eigenvalue weighted by Gasteiger charge is -2.33. The molecule has 2 heterocycles. The average molecular weight is 392 g/mol. The number of ether oxygens (including phenoxy) is 1. The maximum absolute atomic E-state index is 12.7. The number of carbonyl (C=O) groups is 2. The minimum atomic E-state index is -3.59. The lowest BCUT2D eigenvalue weighted by Crippen LogP contribution is -2.51. The Hall–Kier alpha value is -2.65. The predicted molar refractivity (Wildman–Crippen MR) is 95.5 cm³/mol. The Morgan fingerprint density at radius 1 is 1.07 bits per heavy atom. The number of piperazine rings is 1. The highest BCUT2D eigenvalue weighted by Gasteiger charge is 2.30. The van der Waals surface area contributed by atoms with Crippen molar-refractivity contribution >= 4 is 21.9 Å². The van der Waals surface area contributed by atoms with E-state index < -0.39 is 22.6 Å². The van der Waals surface area contributed by atoms with E-state index in [-0.39, 0.29) is 42.7 Å². The Balaban J connectivity index is 1.53. The van der Waals surface area contributed by atoms with Gasteiger partial charge in [-0.1, -0.05) is 17.7 Å². The molecule has 1 amide bonds. The fourth-order valence-electron chi connectivity index (χ4n) is 2.72. The highest BCUT2D eigenvalue weighted by molar-refractivity contribution is 7.89. The highest BCUT2D eigenvalue weighted by atomic mass is 32.2. The van der Waals surface area contributed by atoms with Gasteiger partial charge >= 0.3 is 5.97 Å². The number of sulfonamides is 1. The zero-order chi connectivity index (χ0) is 19.4. The number of rotatable bonds is 5. The third kappa shape index (κ3) is 4.37. The van der Waals surface area contributed by atoms with Gasteiger partial charge in [-0.2, -0.15) is 4.31 Å². The summed E-state index contributed by atoms with van der Waals surface area (Å²) in [5, 5.41) is 0. The summed E-state index contributed by atoms with van der Waals surface area (Å²) >= 11 is 0. The molecule has 0 saturated carbocycles. The maximum atomic E-state index is 12.7. The van der Waals surface area contributed by atoms with Gasteiger partial charge in [-0.15, -0.1) is 0 Å². The SMILES string of the molecule is Cc1ccc(S(=O)(=O)N2CCN(C(=O)COC(=O)c3ccco3)CC2)cc1. The van der Waals surface area contributed by atoms with Crippen LogP contribution in [-0.4, -0.2) is 62.3 Å². The van der Waals surface area contributed by atoms with Crippen molar-refractivity contribution in [2.45, 2.75) is 11.8 Å². The molecule has 1 saturated heterocycles. The second-order valence-electron chi connectivity index (χ2n) is 6.15. The smallest absolute Gasteiger partial charge is 0.374 e. The number of hydrogen-bond acceptors (Lipinski definition) is 6. The molecular formula is C18H20N2O6S. The molecule has 8 nitrogen and oxygen atoms in total. The van der Waals surface area contributed by atoms with E-state index in [0.29, 0.717) is 0 Å². The van der Waals surface area contributed by atoms with Crippen LogP contribution >= 0.6 is 0 Å². The number of aryl methyl sites for hydroxylation is 1. The first kappa shape index (κ1) is 19.1. The average Bonchev–Trinajstić information content (AvgIpc) is 3.21. The van der Waals surface area contributed by atoms with Crippen molar-refractivity contribution in [1.29, 1.82) is 0 Å². The quantitative estimate of drug-likeness (QED) is 0.711. The van der Waals surface area contributed by atoms with Gasteiger partial charge in [0.2, 0.25) is 15.8 Å². The van der Waals surface area contributed by atoms with Crippen LogP contribution in [0.1, 0.15) is 16.1 Å². The first-order chi connectivity index (χ1) is 12.9. The molecule has 144 valence electrons. The highest BCUT2D eigenvalue weighted by Crippen LogP contribution is 2.18. The summed E-state index contributed by atoms with van der Waals surface area (Å²) in [7, 11) is -3.59. The van der Waals surface area contributed by atoms with E-state index in [1.807, 2.05) is 6.92 Å². The minimum Gasteiger partial charge on any atom is -0.457 e. The third-order valence-corrected chi connectivity index (χ3v) is 6.21. The van der Waals surface area contributed by atoms with Crippen molar-refractivity contribution in [3.63, 3.8) is 0 Å². The van der Waals surface area contributed by atoms with Gasteiger partial charge in [0.25, 0.3) is 5.91 Å². The van der Waals surface area contributed by atoms with E-state index in [0.717, 1.165) is 5.56 Å². The van der Waals surface area contributed by atoms with Crippen LogP contribution in [0, 0.1) is 6.92 Å². The van der Waals surface area contributed by atoms with Gasteiger partial charge in [0.05, 0.1) is 11.2 Å². The zero-order valence-corrected chi connectivity index (χ0v) is 15.6. The first-order valence-corrected chi connectivity index (χ1v) is 9.87. The molecule has 3 rings (SSSR count). The van der Waals surface area contributed by atoms with Crippen LogP contribution in [0.25, 0.3) is 0 Å². The van der Waals surface area contributed by atoms with Crippen LogP contribution in [0.5, 0.6) is 0 Å². The van der Waals surface area contributed by atoms with Gasteiger partial charge < -0.3 is 14.1 Å². The van der Waals surface area contributed by atoms with Crippen molar-refractivity contribution in [3.05, 3.63) is 54.0 Å². The van der Waals surface area contributed by atoms with Gasteiger partial charge in [0.1, 0.15) is 0 Å². The van der Waals surface area contributed by atoms with Crippen molar-refractivity contribution in [3.8, 4) is 0 Å². The van der Waals surface area contributed by atoms with Gasteiger partial charge in [-0.05, 0) is 31.2 Å². The largest absolute Gasteiger partial charge is 0.457 e. The number of amides is 1. The Bertz CT molecular complexity index is 898. The van der Waals surface area contributed by atoms with E-state index in [9.17, 15) is 18.0 Å². The molecule has 1 aromatic carbocycles. The molecule has 1 aliphatic heterocycles. The molecule has 1 fully saturated rings. The standard InChI is InChI=1S/C18H20N2O6S/c1-14-4-6-15(7-5-14)27(23,24)20-10-8-19(9-11-20)17(21)13-26-18(22)16-3-2-12-25-16/h2-7,12H,8-11,13H2,1H3. The Morgan fingerprint density at radius 2 is 1.74 bits per heavy atom. The van der Waals surface area contributed by atoms with Crippen LogP contribution < -0.4 is 0 Å². The molecular weight excluding hydrogens is 372 g/mol. The van der Waals surface area contributed by atoms with Crippen LogP contribution in [-0.2, 0) is 19.6 Å². The summed E-state index contributed by atoms with van der Waals surface area (Å²) in [5.41, 5.74) is 0.980. The molecule has 2 aromatic rings. The summed E-state index contributed by atoms with van der Waals surface area (Å²) in [6, 6.07) is 9.65. The Labute approximate surface area is 157 Å². The summed E-state index contributed by atoms with van der Waals surface area (Å²) in [4.78, 5) is 25.6. The molecule has 9 heteroatoms. The number of carbonyl (C=O) groups excluding carboxylic acids is 2. The van der Waals surface area contributed by atoms with Crippen LogP contribution in [0.15, 0.2) is 52.0 Å². The molecule has 1 aromatic heterocycles. The number of benzene rings is 1. The fourth-order valence-corrected chi connectivity index (χ4v) is 4.14. The fraction of sp³-hybridized carbons (Fsp3) is 0.333. The van der Waals surface area contributed by atoms with Crippen molar-refractivity contribution in [1.82, 2.24) is 9.21 Å². The molecule has 0 radical (unpaired) electrons. The summed E-state index contributed by atoms with van der Waals surface area (Å²) in [5.74, 6) is -1.06. The molecule has 0 atom stereocenters.